The molecule has 2 rings (SSSR count). The molecule has 0 heterocycles. The average molecular weight is 239 g/mol. The van der Waals surface area contributed by atoms with E-state index in [1.54, 1.807) is 0 Å². The van der Waals surface area contributed by atoms with Crippen molar-refractivity contribution >= 4 is 5.97 Å². The van der Waals surface area contributed by atoms with Crippen LogP contribution in [0.3, 0.4) is 0 Å². The van der Waals surface area contributed by atoms with Gasteiger partial charge in [-0.3, -0.25) is 0 Å². The van der Waals surface area contributed by atoms with Gasteiger partial charge in [-0.05, 0) is 24.5 Å². The van der Waals surface area contributed by atoms with Crippen LogP contribution in [0.4, 0.5) is 4.39 Å². The summed E-state index contributed by atoms with van der Waals surface area (Å²) < 4.78 is 13.3. The lowest BCUT2D eigenvalue weighted by Gasteiger charge is -2.14. The molecule has 17 heavy (non-hydrogen) atoms. The van der Waals surface area contributed by atoms with Crippen molar-refractivity contribution in [2.24, 2.45) is 11.7 Å². The minimum atomic E-state index is -1.36. The maximum atomic E-state index is 13.3. The van der Waals surface area contributed by atoms with E-state index in [2.05, 4.69) is 0 Å². The van der Waals surface area contributed by atoms with Gasteiger partial charge >= 0.3 is 5.97 Å². The van der Waals surface area contributed by atoms with Gasteiger partial charge in [-0.25, -0.2) is 9.18 Å². The van der Waals surface area contributed by atoms with Crippen molar-refractivity contribution in [2.45, 2.75) is 25.3 Å². The lowest BCUT2D eigenvalue weighted by atomic mass is 9.98. The summed E-state index contributed by atoms with van der Waals surface area (Å²) in [6.45, 7) is 0. The van der Waals surface area contributed by atoms with E-state index >= 15 is 0 Å². The highest BCUT2D eigenvalue weighted by Crippen LogP contribution is 2.39. The summed E-state index contributed by atoms with van der Waals surface area (Å²) in [6, 6.07) is 1.39. The molecule has 1 fully saturated rings. The molecule has 1 atom stereocenters. The number of hydrogen-bond donors (Lipinski definition) is 3. The first-order chi connectivity index (χ1) is 7.99. The van der Waals surface area contributed by atoms with Crippen molar-refractivity contribution in [3.05, 3.63) is 29.1 Å². The number of halogens is 1. The van der Waals surface area contributed by atoms with Crippen molar-refractivity contribution in [3.8, 4) is 5.75 Å². The summed E-state index contributed by atoms with van der Waals surface area (Å²) in [7, 11) is 0. The van der Waals surface area contributed by atoms with E-state index < -0.39 is 29.1 Å². The van der Waals surface area contributed by atoms with E-state index in [0.717, 1.165) is 25.0 Å². The fourth-order valence-electron chi connectivity index (χ4n) is 1.91. The Bertz CT molecular complexity index is 457. The van der Waals surface area contributed by atoms with Gasteiger partial charge in [0.05, 0.1) is 0 Å². The molecule has 0 saturated heterocycles. The maximum absolute atomic E-state index is 13.3. The fourth-order valence-corrected chi connectivity index (χ4v) is 1.91. The van der Waals surface area contributed by atoms with Gasteiger partial charge in [-0.15, -0.1) is 0 Å². The summed E-state index contributed by atoms with van der Waals surface area (Å²) in [5.74, 6) is -1.96. The first-order valence-corrected chi connectivity index (χ1v) is 5.50. The second-order valence-electron chi connectivity index (χ2n) is 4.48. The molecule has 1 saturated carbocycles. The van der Waals surface area contributed by atoms with E-state index in [9.17, 15) is 14.3 Å². The average Bonchev–Trinajstić information content (AvgIpc) is 3.04. The molecule has 1 aromatic rings. The summed E-state index contributed by atoms with van der Waals surface area (Å²) in [5, 5.41) is 18.6. The highest BCUT2D eigenvalue weighted by atomic mass is 19.1. The number of aromatic hydroxyl groups is 1. The van der Waals surface area contributed by atoms with E-state index in [4.69, 9.17) is 10.8 Å². The first-order valence-electron chi connectivity index (χ1n) is 5.50. The Hall–Kier alpha value is -1.62. The van der Waals surface area contributed by atoms with Crippen LogP contribution < -0.4 is 5.73 Å². The Balaban J connectivity index is 2.34. The molecule has 0 radical (unpaired) electrons. The molecule has 0 aromatic heterocycles. The van der Waals surface area contributed by atoms with E-state index in [1.165, 1.54) is 0 Å². The van der Waals surface area contributed by atoms with Gasteiger partial charge in [0.25, 0.3) is 0 Å². The van der Waals surface area contributed by atoms with Crippen molar-refractivity contribution in [1.82, 2.24) is 0 Å². The molecule has 92 valence electrons. The number of aromatic carboxylic acids is 1. The van der Waals surface area contributed by atoms with E-state index in [-0.39, 0.29) is 5.56 Å². The maximum Gasteiger partial charge on any atom is 0.339 e. The Kier molecular flexibility index (Phi) is 3.02. The van der Waals surface area contributed by atoms with Gasteiger partial charge in [-0.1, -0.05) is 12.8 Å². The van der Waals surface area contributed by atoms with Crippen LogP contribution in [0.15, 0.2) is 12.1 Å². The monoisotopic (exact) mass is 239 g/mol. The van der Waals surface area contributed by atoms with Crippen LogP contribution in [0.5, 0.6) is 5.75 Å². The standard InChI is InChI=1S/C12H14FNO3/c13-7-4-8(10(14)3-6-1-2-6)11(15)9(5-7)12(16)17/h4-6,10,15H,1-3,14H2,(H,16,17)/t10-/m0/s1. The SMILES string of the molecule is N[C@@H](CC1CC1)c1cc(F)cc(C(=O)O)c1O. The van der Waals surface area contributed by atoms with Gasteiger partial charge < -0.3 is 15.9 Å². The number of rotatable bonds is 4. The number of hydrogen-bond acceptors (Lipinski definition) is 3. The molecular formula is C12H14FNO3. The Morgan fingerprint density at radius 2 is 2.18 bits per heavy atom. The van der Waals surface area contributed by atoms with Crippen LogP contribution in [0, 0.1) is 11.7 Å². The van der Waals surface area contributed by atoms with E-state index in [0.29, 0.717) is 12.3 Å². The molecular weight excluding hydrogens is 225 g/mol. The van der Waals surface area contributed by atoms with Gasteiger partial charge in [0.2, 0.25) is 0 Å². The largest absolute Gasteiger partial charge is 0.507 e. The Labute approximate surface area is 97.9 Å². The number of carboxylic acids is 1. The molecule has 5 heteroatoms. The van der Waals surface area contributed by atoms with Crippen molar-refractivity contribution < 1.29 is 19.4 Å². The third-order valence-electron chi connectivity index (χ3n) is 3.02. The van der Waals surface area contributed by atoms with Crippen molar-refractivity contribution in [3.63, 3.8) is 0 Å². The summed E-state index contributed by atoms with van der Waals surface area (Å²) >= 11 is 0. The molecule has 0 unspecified atom stereocenters. The number of carbonyl (C=O) groups is 1. The van der Waals surface area contributed by atoms with Gasteiger partial charge in [0, 0.05) is 11.6 Å². The predicted octanol–water partition coefficient (Wildman–Crippen LogP) is 2.03. The summed E-state index contributed by atoms with van der Waals surface area (Å²) in [5.41, 5.74) is 5.59. The minimum Gasteiger partial charge on any atom is -0.507 e. The molecule has 4 N–H and O–H groups in total. The van der Waals surface area contributed by atoms with Gasteiger partial charge in [0.15, 0.2) is 0 Å². The lowest BCUT2D eigenvalue weighted by Crippen LogP contribution is -2.13. The number of nitrogens with two attached hydrogens (primary N) is 1. The fraction of sp³-hybridized carbons (Fsp3) is 0.417. The van der Waals surface area contributed by atoms with Crippen molar-refractivity contribution in [2.75, 3.05) is 0 Å². The van der Waals surface area contributed by atoms with Crippen LogP contribution >= 0.6 is 0 Å². The van der Waals surface area contributed by atoms with Gasteiger partial charge in [-0.2, -0.15) is 0 Å². The topological polar surface area (TPSA) is 83.6 Å². The highest BCUT2D eigenvalue weighted by molar-refractivity contribution is 5.91. The van der Waals surface area contributed by atoms with Crippen LogP contribution in [0.1, 0.15) is 41.2 Å². The molecule has 1 aliphatic carbocycles. The van der Waals surface area contributed by atoms with Crippen LogP contribution in [-0.2, 0) is 0 Å². The van der Waals surface area contributed by atoms with Crippen molar-refractivity contribution in [1.29, 1.82) is 0 Å². The first kappa shape index (κ1) is 11.9. The second kappa shape index (κ2) is 4.33. The van der Waals surface area contributed by atoms with Crippen LogP contribution in [-0.4, -0.2) is 16.2 Å². The number of phenols is 1. The number of carboxylic acid groups (broad SMARTS) is 1. The normalized spacial score (nSPS) is 16.8. The minimum absolute atomic E-state index is 0.175. The third-order valence-corrected chi connectivity index (χ3v) is 3.02. The van der Waals surface area contributed by atoms with Crippen LogP contribution in [0.2, 0.25) is 0 Å². The molecule has 0 bridgehead atoms. The lowest BCUT2D eigenvalue weighted by molar-refractivity contribution is 0.0693. The van der Waals surface area contributed by atoms with E-state index in [1.807, 2.05) is 0 Å². The molecule has 0 amide bonds. The molecule has 0 aliphatic heterocycles. The zero-order valence-electron chi connectivity index (χ0n) is 9.19. The molecule has 1 aliphatic rings. The quantitative estimate of drug-likeness (QED) is 0.750. The zero-order valence-corrected chi connectivity index (χ0v) is 9.19. The molecule has 4 nitrogen and oxygen atoms in total. The molecule has 1 aromatic carbocycles. The smallest absolute Gasteiger partial charge is 0.339 e. The highest BCUT2D eigenvalue weighted by Gasteiger charge is 2.27. The second-order valence-corrected chi connectivity index (χ2v) is 4.48. The molecule has 0 spiro atoms. The zero-order chi connectivity index (χ0) is 12.6. The van der Waals surface area contributed by atoms with Gasteiger partial charge in [0.1, 0.15) is 17.1 Å². The Morgan fingerprint density at radius 1 is 1.53 bits per heavy atom. The summed E-state index contributed by atoms with van der Waals surface area (Å²) in [4.78, 5) is 10.8. The predicted molar refractivity (Wildman–Crippen MR) is 59.3 cm³/mol. The van der Waals surface area contributed by atoms with Crippen LogP contribution in [0.25, 0.3) is 0 Å². The third kappa shape index (κ3) is 2.55. The summed E-state index contributed by atoms with van der Waals surface area (Å²) in [6.07, 6.45) is 2.83. The number of benzene rings is 1. The Morgan fingerprint density at radius 3 is 2.71 bits per heavy atom.